The summed E-state index contributed by atoms with van der Waals surface area (Å²) in [4.78, 5) is 24.0. The van der Waals surface area contributed by atoms with Crippen molar-refractivity contribution >= 4 is 35.3 Å². The topological polar surface area (TPSA) is 98.2 Å². The average molecular weight is 392 g/mol. The first-order valence-electron chi connectivity index (χ1n) is 7.69. The second kappa shape index (κ2) is 9.44. The Balaban J connectivity index is 2.05. The summed E-state index contributed by atoms with van der Waals surface area (Å²) < 4.78 is 15.5. The SMILES string of the molecule is COc1ccc(Cl)cc1NC(=O)C(=O)N/N=C\c1cccc(OC)c1OC. The molecule has 2 rings (SSSR count). The number of nitrogens with zero attached hydrogens (tertiary/aromatic N) is 1. The molecule has 0 fully saturated rings. The molecule has 0 saturated heterocycles. The number of carbonyl (C=O) groups excluding carboxylic acids is 2. The molecule has 0 saturated carbocycles. The van der Waals surface area contributed by atoms with Gasteiger partial charge >= 0.3 is 11.8 Å². The number of carbonyl (C=O) groups is 2. The zero-order valence-corrected chi connectivity index (χ0v) is 15.7. The molecular weight excluding hydrogens is 374 g/mol. The Labute approximate surface area is 161 Å². The maximum atomic E-state index is 12.0. The molecule has 0 aliphatic rings. The van der Waals surface area contributed by atoms with Crippen molar-refractivity contribution in [3.8, 4) is 17.2 Å². The Kier molecular flexibility index (Phi) is 7.01. The van der Waals surface area contributed by atoms with Crippen molar-refractivity contribution in [2.45, 2.75) is 0 Å². The molecule has 0 aromatic heterocycles. The maximum absolute atomic E-state index is 12.0. The number of methoxy groups -OCH3 is 3. The van der Waals surface area contributed by atoms with Gasteiger partial charge in [-0.2, -0.15) is 5.10 Å². The van der Waals surface area contributed by atoms with Crippen LogP contribution in [0.15, 0.2) is 41.5 Å². The largest absolute Gasteiger partial charge is 0.495 e. The highest BCUT2D eigenvalue weighted by Crippen LogP contribution is 2.29. The summed E-state index contributed by atoms with van der Waals surface area (Å²) >= 11 is 5.89. The van der Waals surface area contributed by atoms with E-state index in [9.17, 15) is 9.59 Å². The number of benzene rings is 2. The van der Waals surface area contributed by atoms with Gasteiger partial charge in [0.2, 0.25) is 0 Å². The predicted octanol–water partition coefficient (Wildman–Crippen LogP) is 2.45. The van der Waals surface area contributed by atoms with E-state index in [0.29, 0.717) is 27.8 Å². The fraction of sp³-hybridized carbons (Fsp3) is 0.167. The number of para-hydroxylation sites is 1. The third kappa shape index (κ3) is 5.11. The monoisotopic (exact) mass is 391 g/mol. The molecule has 8 nitrogen and oxygen atoms in total. The molecule has 0 radical (unpaired) electrons. The van der Waals surface area contributed by atoms with Gasteiger partial charge in [-0.05, 0) is 30.3 Å². The van der Waals surface area contributed by atoms with E-state index in [0.717, 1.165) is 0 Å². The molecule has 2 aromatic carbocycles. The summed E-state index contributed by atoms with van der Waals surface area (Å²) in [5, 5.41) is 6.57. The Morgan fingerprint density at radius 1 is 1.00 bits per heavy atom. The highest BCUT2D eigenvalue weighted by Gasteiger charge is 2.16. The Morgan fingerprint density at radius 2 is 1.74 bits per heavy atom. The van der Waals surface area contributed by atoms with Crippen LogP contribution in [0.3, 0.4) is 0 Å². The summed E-state index contributed by atoms with van der Waals surface area (Å²) in [6, 6.07) is 9.82. The second-order valence-electron chi connectivity index (χ2n) is 5.08. The number of halogens is 1. The molecule has 2 amide bonds. The average Bonchev–Trinajstić information content (AvgIpc) is 2.67. The lowest BCUT2D eigenvalue weighted by Crippen LogP contribution is -2.32. The van der Waals surface area contributed by atoms with Crippen molar-refractivity contribution in [3.63, 3.8) is 0 Å². The number of hydrazone groups is 1. The van der Waals surface area contributed by atoms with Gasteiger partial charge < -0.3 is 19.5 Å². The Bertz CT molecular complexity index is 870. The van der Waals surface area contributed by atoms with Gasteiger partial charge in [-0.3, -0.25) is 9.59 Å². The van der Waals surface area contributed by atoms with Crippen LogP contribution in [0.2, 0.25) is 5.02 Å². The molecule has 0 bridgehead atoms. The van der Waals surface area contributed by atoms with Crippen LogP contribution < -0.4 is 25.0 Å². The van der Waals surface area contributed by atoms with Crippen molar-refractivity contribution < 1.29 is 23.8 Å². The number of anilines is 1. The standard InChI is InChI=1S/C18H18ClN3O5/c1-25-14-8-7-12(19)9-13(14)21-17(23)18(24)22-20-10-11-5-4-6-15(26-2)16(11)27-3/h4-10H,1-3H3,(H,21,23)(H,22,24)/b20-10-. The van der Waals surface area contributed by atoms with Crippen LogP contribution in [0.4, 0.5) is 5.69 Å². The zero-order valence-electron chi connectivity index (χ0n) is 14.9. The normalized spacial score (nSPS) is 10.4. The summed E-state index contributed by atoms with van der Waals surface area (Å²) in [6.07, 6.45) is 1.34. The summed E-state index contributed by atoms with van der Waals surface area (Å²) in [6.45, 7) is 0. The van der Waals surface area contributed by atoms with Gasteiger partial charge in [0.05, 0.1) is 33.2 Å². The van der Waals surface area contributed by atoms with Gasteiger partial charge in [-0.25, -0.2) is 5.43 Å². The molecular formula is C18H18ClN3O5. The van der Waals surface area contributed by atoms with Crippen LogP contribution in [0.1, 0.15) is 5.56 Å². The summed E-state index contributed by atoms with van der Waals surface area (Å²) in [7, 11) is 4.43. The molecule has 142 valence electrons. The lowest BCUT2D eigenvalue weighted by atomic mass is 10.2. The van der Waals surface area contributed by atoms with Gasteiger partial charge in [0.15, 0.2) is 11.5 Å². The molecule has 0 heterocycles. The number of rotatable bonds is 6. The number of hydrogen-bond acceptors (Lipinski definition) is 6. The van der Waals surface area contributed by atoms with Crippen molar-refractivity contribution in [2.24, 2.45) is 5.10 Å². The number of nitrogens with one attached hydrogen (secondary N) is 2. The smallest absolute Gasteiger partial charge is 0.329 e. The van der Waals surface area contributed by atoms with E-state index in [-0.39, 0.29) is 5.69 Å². The summed E-state index contributed by atoms with van der Waals surface area (Å²) in [5.74, 6) is -0.560. The second-order valence-corrected chi connectivity index (χ2v) is 5.52. The van der Waals surface area contributed by atoms with E-state index >= 15 is 0 Å². The molecule has 0 atom stereocenters. The van der Waals surface area contributed by atoms with E-state index in [4.69, 9.17) is 25.8 Å². The fourth-order valence-electron chi connectivity index (χ4n) is 2.18. The van der Waals surface area contributed by atoms with Crippen molar-refractivity contribution in [3.05, 3.63) is 47.0 Å². The van der Waals surface area contributed by atoms with Crippen molar-refractivity contribution in [1.29, 1.82) is 0 Å². The Hall–Kier alpha value is -3.26. The first kappa shape index (κ1) is 20.1. The molecule has 0 unspecified atom stereocenters. The highest BCUT2D eigenvalue weighted by molar-refractivity contribution is 6.40. The van der Waals surface area contributed by atoms with Gasteiger partial charge in [-0.15, -0.1) is 0 Å². The van der Waals surface area contributed by atoms with Crippen molar-refractivity contribution in [2.75, 3.05) is 26.6 Å². The van der Waals surface area contributed by atoms with E-state index in [1.54, 1.807) is 30.3 Å². The Morgan fingerprint density at radius 3 is 2.41 bits per heavy atom. The number of ether oxygens (including phenoxy) is 3. The zero-order chi connectivity index (χ0) is 19.8. The van der Waals surface area contributed by atoms with Gasteiger partial charge in [0.25, 0.3) is 0 Å². The third-order valence-electron chi connectivity index (χ3n) is 3.42. The van der Waals surface area contributed by atoms with Gasteiger partial charge in [0.1, 0.15) is 5.75 Å². The van der Waals surface area contributed by atoms with Gasteiger partial charge in [-0.1, -0.05) is 17.7 Å². The molecule has 9 heteroatoms. The van der Waals surface area contributed by atoms with Crippen LogP contribution >= 0.6 is 11.6 Å². The number of hydrogen-bond donors (Lipinski definition) is 2. The van der Waals surface area contributed by atoms with Crippen LogP contribution in [0.5, 0.6) is 17.2 Å². The van der Waals surface area contributed by atoms with Crippen LogP contribution in [0.25, 0.3) is 0 Å². The lowest BCUT2D eigenvalue weighted by Gasteiger charge is -2.10. The molecule has 0 aliphatic carbocycles. The van der Waals surface area contributed by atoms with Crippen LogP contribution in [-0.2, 0) is 9.59 Å². The summed E-state index contributed by atoms with van der Waals surface area (Å²) in [5.41, 5.74) is 2.97. The molecule has 2 aromatic rings. The van der Waals surface area contributed by atoms with Gasteiger partial charge in [0, 0.05) is 10.6 Å². The maximum Gasteiger partial charge on any atom is 0.329 e. The lowest BCUT2D eigenvalue weighted by molar-refractivity contribution is -0.136. The van der Waals surface area contributed by atoms with Crippen LogP contribution in [-0.4, -0.2) is 39.4 Å². The van der Waals surface area contributed by atoms with E-state index < -0.39 is 11.8 Å². The molecule has 0 spiro atoms. The van der Waals surface area contributed by atoms with E-state index in [2.05, 4.69) is 15.8 Å². The minimum atomic E-state index is -0.963. The molecule has 0 aliphatic heterocycles. The van der Waals surface area contributed by atoms with E-state index in [1.807, 2.05) is 0 Å². The quantitative estimate of drug-likeness (QED) is 0.447. The molecule has 2 N–H and O–H groups in total. The predicted molar refractivity (Wildman–Crippen MR) is 102 cm³/mol. The first-order valence-corrected chi connectivity index (χ1v) is 8.06. The molecule has 27 heavy (non-hydrogen) atoms. The van der Waals surface area contributed by atoms with Crippen molar-refractivity contribution in [1.82, 2.24) is 5.43 Å². The number of amides is 2. The fourth-order valence-corrected chi connectivity index (χ4v) is 2.35. The minimum absolute atomic E-state index is 0.267. The van der Waals surface area contributed by atoms with Crippen LogP contribution in [0, 0.1) is 0 Å². The van der Waals surface area contributed by atoms with E-state index in [1.165, 1.54) is 33.6 Å². The third-order valence-corrected chi connectivity index (χ3v) is 3.65. The minimum Gasteiger partial charge on any atom is -0.495 e. The highest BCUT2D eigenvalue weighted by atomic mass is 35.5. The first-order chi connectivity index (χ1) is 13.0.